The molecule has 7 nitrogen and oxygen atoms in total. The van der Waals surface area contributed by atoms with Crippen molar-refractivity contribution in [1.29, 1.82) is 5.26 Å². The Hall–Kier alpha value is -3.83. The van der Waals surface area contributed by atoms with Crippen LogP contribution in [0.1, 0.15) is 50.1 Å². The Morgan fingerprint density at radius 3 is 2.65 bits per heavy atom. The summed E-state index contributed by atoms with van der Waals surface area (Å²) in [4.78, 5) is 26.9. The summed E-state index contributed by atoms with van der Waals surface area (Å²) in [5.41, 5.74) is 0.632. The number of pyridine rings is 2. The van der Waals surface area contributed by atoms with Crippen LogP contribution >= 0.6 is 11.6 Å². The molecule has 34 heavy (non-hydrogen) atoms. The van der Waals surface area contributed by atoms with E-state index in [0.717, 1.165) is 6.42 Å². The molecule has 172 valence electrons. The van der Waals surface area contributed by atoms with Gasteiger partial charge in [0.05, 0.1) is 33.2 Å². The van der Waals surface area contributed by atoms with Gasteiger partial charge in [-0.05, 0) is 30.5 Å². The van der Waals surface area contributed by atoms with Crippen molar-refractivity contribution in [1.82, 2.24) is 19.5 Å². The van der Waals surface area contributed by atoms with Crippen LogP contribution in [0, 0.1) is 17.1 Å². The molecule has 0 radical (unpaired) electrons. The van der Waals surface area contributed by atoms with Gasteiger partial charge in [0, 0.05) is 5.56 Å². The highest BCUT2D eigenvalue weighted by Crippen LogP contribution is 2.36. The fourth-order valence-corrected chi connectivity index (χ4v) is 4.19. The van der Waals surface area contributed by atoms with Crippen LogP contribution in [0.25, 0.3) is 28.0 Å². The molecule has 0 aliphatic rings. The van der Waals surface area contributed by atoms with E-state index < -0.39 is 22.7 Å². The van der Waals surface area contributed by atoms with Gasteiger partial charge in [0.1, 0.15) is 24.0 Å². The molecule has 0 saturated carbocycles. The number of aryl methyl sites for hydroxylation is 1. The smallest absolute Gasteiger partial charge is 0.278 e. The highest BCUT2D eigenvalue weighted by Gasteiger charge is 2.25. The van der Waals surface area contributed by atoms with Crippen molar-refractivity contribution in [2.45, 2.75) is 39.5 Å². The topological polar surface area (TPSA) is 105 Å². The predicted octanol–water partition coefficient (Wildman–Crippen LogP) is 5.29. The average molecular weight is 478 g/mol. The lowest BCUT2D eigenvalue weighted by atomic mass is 10.0. The maximum Gasteiger partial charge on any atom is 0.278 e. The summed E-state index contributed by atoms with van der Waals surface area (Å²) in [5, 5.41) is 20.6. The lowest BCUT2D eigenvalue weighted by Gasteiger charge is -2.20. The zero-order chi connectivity index (χ0) is 24.6. The van der Waals surface area contributed by atoms with Gasteiger partial charge < -0.3 is 5.11 Å². The predicted molar refractivity (Wildman–Crippen MR) is 128 cm³/mol. The number of fused-ring (bicyclic) bond motifs is 1. The maximum absolute atomic E-state index is 14.6. The van der Waals surface area contributed by atoms with Gasteiger partial charge >= 0.3 is 0 Å². The molecule has 0 fully saturated rings. The summed E-state index contributed by atoms with van der Waals surface area (Å²) < 4.78 is 15.9. The number of benzene rings is 1. The van der Waals surface area contributed by atoms with E-state index in [0.29, 0.717) is 23.5 Å². The quantitative estimate of drug-likeness (QED) is 0.419. The summed E-state index contributed by atoms with van der Waals surface area (Å²) in [5.74, 6) is -1.16. The second-order valence-corrected chi connectivity index (χ2v) is 8.51. The number of halogens is 2. The Labute approximate surface area is 200 Å². The summed E-state index contributed by atoms with van der Waals surface area (Å²) >= 11 is 6.44. The van der Waals surface area contributed by atoms with E-state index in [2.05, 4.69) is 15.0 Å². The first-order valence-electron chi connectivity index (χ1n) is 10.8. The summed E-state index contributed by atoms with van der Waals surface area (Å²) in [6.07, 6.45) is 2.73. The largest absolute Gasteiger partial charge is 0.506 e. The second kappa shape index (κ2) is 9.20. The first-order chi connectivity index (χ1) is 16.3. The zero-order valence-electron chi connectivity index (χ0n) is 18.8. The van der Waals surface area contributed by atoms with Crippen LogP contribution in [-0.2, 0) is 6.42 Å². The third-order valence-electron chi connectivity index (χ3n) is 5.50. The highest BCUT2D eigenvalue weighted by molar-refractivity contribution is 6.33. The molecule has 4 aromatic rings. The van der Waals surface area contributed by atoms with E-state index in [1.165, 1.54) is 29.1 Å². The second-order valence-electron chi connectivity index (χ2n) is 8.10. The Kier molecular flexibility index (Phi) is 6.31. The van der Waals surface area contributed by atoms with Gasteiger partial charge in [0.2, 0.25) is 0 Å². The third kappa shape index (κ3) is 3.78. The standard InChI is InChI=1S/C25H21ClFN5O2/c1-4-7-19-22(20(13(2)3)30-12-29-19)32-24-15(23(33)16(11-28)25(32)34)10-17(26)21(31-24)14-8-5-6-9-18(14)27/h5-6,8-10,12-13,33H,4,7H2,1-3H3. The minimum atomic E-state index is -0.768. The molecule has 0 atom stereocenters. The Bertz CT molecular complexity index is 1520. The van der Waals surface area contributed by atoms with E-state index in [-0.39, 0.29) is 33.2 Å². The van der Waals surface area contributed by atoms with Gasteiger partial charge in [-0.3, -0.25) is 9.36 Å². The van der Waals surface area contributed by atoms with Crippen molar-refractivity contribution in [3.63, 3.8) is 0 Å². The van der Waals surface area contributed by atoms with E-state index in [9.17, 15) is 19.6 Å². The fraction of sp³-hybridized carbons (Fsp3) is 0.240. The minimum Gasteiger partial charge on any atom is -0.506 e. The molecule has 0 aliphatic heterocycles. The molecule has 4 rings (SSSR count). The first kappa shape index (κ1) is 23.3. The van der Waals surface area contributed by atoms with Crippen molar-refractivity contribution in [3.05, 3.63) is 74.8 Å². The van der Waals surface area contributed by atoms with Crippen molar-refractivity contribution in [2.75, 3.05) is 0 Å². The highest BCUT2D eigenvalue weighted by atomic mass is 35.5. The van der Waals surface area contributed by atoms with E-state index in [4.69, 9.17) is 11.6 Å². The van der Waals surface area contributed by atoms with Crippen LogP contribution in [-0.4, -0.2) is 24.6 Å². The van der Waals surface area contributed by atoms with Crippen LogP contribution in [0.3, 0.4) is 0 Å². The van der Waals surface area contributed by atoms with Crippen LogP contribution < -0.4 is 5.56 Å². The molecule has 0 amide bonds. The van der Waals surface area contributed by atoms with E-state index in [1.54, 1.807) is 18.2 Å². The number of nitrogens with zero attached hydrogens (tertiary/aromatic N) is 5. The Morgan fingerprint density at radius 1 is 1.26 bits per heavy atom. The van der Waals surface area contributed by atoms with Gasteiger partial charge in [-0.1, -0.05) is 50.9 Å². The van der Waals surface area contributed by atoms with Gasteiger partial charge in [-0.25, -0.2) is 19.3 Å². The van der Waals surface area contributed by atoms with E-state index in [1.807, 2.05) is 20.8 Å². The third-order valence-corrected chi connectivity index (χ3v) is 5.79. The van der Waals surface area contributed by atoms with Gasteiger partial charge in [-0.2, -0.15) is 5.26 Å². The van der Waals surface area contributed by atoms with Crippen LogP contribution in [0.5, 0.6) is 5.75 Å². The lowest BCUT2D eigenvalue weighted by molar-refractivity contribution is 0.478. The average Bonchev–Trinajstić information content (AvgIpc) is 2.81. The molecule has 0 spiro atoms. The van der Waals surface area contributed by atoms with E-state index >= 15 is 0 Å². The maximum atomic E-state index is 14.6. The summed E-state index contributed by atoms with van der Waals surface area (Å²) in [6.45, 7) is 5.83. The van der Waals surface area contributed by atoms with Crippen LogP contribution in [0.15, 0.2) is 41.5 Å². The molecule has 3 heterocycles. The van der Waals surface area contributed by atoms with Crippen molar-refractivity contribution in [2.24, 2.45) is 0 Å². The van der Waals surface area contributed by atoms with Gasteiger partial charge in [-0.15, -0.1) is 0 Å². The minimum absolute atomic E-state index is 0.0261. The summed E-state index contributed by atoms with van der Waals surface area (Å²) in [7, 11) is 0. The molecule has 9 heteroatoms. The Morgan fingerprint density at radius 2 is 2.00 bits per heavy atom. The van der Waals surface area contributed by atoms with Crippen molar-refractivity contribution < 1.29 is 9.50 Å². The van der Waals surface area contributed by atoms with Crippen molar-refractivity contribution >= 4 is 22.6 Å². The first-order valence-corrected chi connectivity index (χ1v) is 11.1. The normalized spacial score (nSPS) is 11.2. The lowest BCUT2D eigenvalue weighted by Crippen LogP contribution is -2.26. The SMILES string of the molecule is CCCc1ncnc(C(C)C)c1-n1c(=O)c(C#N)c(O)c2cc(Cl)c(-c3ccccc3F)nc21. The molecule has 1 N–H and O–H groups in total. The van der Waals surface area contributed by atoms with Crippen molar-refractivity contribution in [3.8, 4) is 28.8 Å². The molecular formula is C25H21ClFN5O2. The number of nitriles is 1. The molecule has 0 bridgehead atoms. The fourth-order valence-electron chi connectivity index (χ4n) is 3.93. The number of hydrogen-bond donors (Lipinski definition) is 1. The zero-order valence-corrected chi connectivity index (χ0v) is 19.6. The van der Waals surface area contributed by atoms with Gasteiger partial charge in [0.25, 0.3) is 5.56 Å². The van der Waals surface area contributed by atoms with Crippen LogP contribution in [0.2, 0.25) is 5.02 Å². The molecule has 0 saturated heterocycles. The van der Waals surface area contributed by atoms with Gasteiger partial charge in [0.15, 0.2) is 11.2 Å². The van der Waals surface area contributed by atoms with Crippen LogP contribution in [0.4, 0.5) is 4.39 Å². The summed E-state index contributed by atoms with van der Waals surface area (Å²) in [6, 6.07) is 9.16. The monoisotopic (exact) mass is 477 g/mol. The molecule has 0 unspecified atom stereocenters. The molecule has 1 aromatic carbocycles. The number of hydrogen-bond acceptors (Lipinski definition) is 6. The molecule has 0 aliphatic carbocycles. The molecule has 3 aromatic heterocycles. The molecular weight excluding hydrogens is 457 g/mol. The number of aromatic nitrogens is 4. The Balaban J connectivity index is 2.24. The number of rotatable bonds is 5. The number of aromatic hydroxyl groups is 1.